The molecule has 0 aromatic heterocycles. The van der Waals surface area contributed by atoms with Crippen LogP contribution in [0.25, 0.3) is 0 Å². The summed E-state index contributed by atoms with van der Waals surface area (Å²) in [4.78, 5) is 8.15. The largest absolute Gasteiger partial charge is 0.479 e. The van der Waals surface area contributed by atoms with E-state index in [0.29, 0.717) is 0 Å². The number of rotatable bonds is 1. The minimum absolute atomic E-state index is 0. The van der Waals surface area contributed by atoms with Crippen LogP contribution in [0.3, 0.4) is 0 Å². The molecule has 0 atom stereocenters. The number of halogens is 2. The van der Waals surface area contributed by atoms with Gasteiger partial charge < -0.3 is 5.11 Å². The average molecular weight is 194 g/mol. The first-order valence-electron chi connectivity index (χ1n) is 1.15. The Morgan fingerprint density at radius 3 is 1.71 bits per heavy atom. The number of hydrogen-bond acceptors (Lipinski definition) is 1. The van der Waals surface area contributed by atoms with Crippen molar-refractivity contribution in [2.75, 3.05) is 0 Å². The summed E-state index contributed by atoms with van der Waals surface area (Å²) in [7, 11) is 0. The van der Waals surface area contributed by atoms with Crippen LogP contribution in [0.2, 0.25) is 0 Å². The van der Waals surface area contributed by atoms with Crippen molar-refractivity contribution in [2.45, 2.75) is 4.84 Å². The molecule has 0 aromatic rings. The van der Waals surface area contributed by atoms with Crippen LogP contribution in [0.4, 0.5) is 0 Å². The Kier molecular flexibility index (Phi) is 7.32. The van der Waals surface area contributed by atoms with Gasteiger partial charge in [-0.15, -0.1) is 0 Å². The normalized spacial score (nSPS) is 7.86. The average Bonchev–Trinajstić information content (AvgIpc) is 1.36. The summed E-state index contributed by atoms with van der Waals surface area (Å²) < 4.78 is 0. The van der Waals surface area contributed by atoms with E-state index < -0.39 is 10.8 Å². The molecule has 0 saturated carbocycles. The first-order chi connectivity index (χ1) is 2.64. The number of alkyl halides is 2. The first-order valence-corrected chi connectivity index (χ1v) is 2.03. The van der Waals surface area contributed by atoms with E-state index in [9.17, 15) is 4.79 Å². The van der Waals surface area contributed by atoms with E-state index >= 15 is 0 Å². The Labute approximate surface area is 63.5 Å². The van der Waals surface area contributed by atoms with Crippen molar-refractivity contribution < 1.29 is 29.4 Å². The summed E-state index contributed by atoms with van der Waals surface area (Å²) >= 11 is 9.56. The van der Waals surface area contributed by atoms with Crippen molar-refractivity contribution in [3.8, 4) is 0 Å². The fourth-order valence-corrected chi connectivity index (χ4v) is 0. The smallest absolute Gasteiger partial charge is 0.337 e. The number of carboxylic acid groups (broad SMARTS) is 1. The standard InChI is InChI=1S/C2H2Cl2O2.Zn/c3-1(4)2(5)6;/h1H,(H,5,6);. The molecule has 5 heteroatoms. The molecule has 0 heterocycles. The molecule has 0 aromatic carbocycles. The third kappa shape index (κ3) is 6.67. The van der Waals surface area contributed by atoms with E-state index in [1.54, 1.807) is 0 Å². The molecule has 0 bridgehead atoms. The zero-order valence-corrected chi connectivity index (χ0v) is 7.87. The molecule has 0 radical (unpaired) electrons. The predicted octanol–water partition coefficient (Wildman–Crippen LogP) is 0.872. The van der Waals surface area contributed by atoms with Gasteiger partial charge in [-0.3, -0.25) is 0 Å². The molecule has 0 spiro atoms. The van der Waals surface area contributed by atoms with E-state index in [-0.39, 0.29) is 19.5 Å². The van der Waals surface area contributed by atoms with E-state index in [4.69, 9.17) is 28.3 Å². The van der Waals surface area contributed by atoms with Crippen molar-refractivity contribution in [3.05, 3.63) is 0 Å². The van der Waals surface area contributed by atoms with Crippen LogP contribution in [-0.4, -0.2) is 15.9 Å². The van der Waals surface area contributed by atoms with Crippen LogP contribution in [-0.2, 0) is 24.3 Å². The van der Waals surface area contributed by atoms with Crippen LogP contribution in [0.1, 0.15) is 0 Å². The molecule has 1 N–H and O–H groups in total. The van der Waals surface area contributed by atoms with Crippen LogP contribution in [0, 0.1) is 0 Å². The quantitative estimate of drug-likeness (QED) is 0.497. The first kappa shape index (κ1) is 10.6. The Morgan fingerprint density at radius 2 is 1.71 bits per heavy atom. The summed E-state index contributed by atoms with van der Waals surface area (Å²) in [5.41, 5.74) is 0. The van der Waals surface area contributed by atoms with E-state index in [1.165, 1.54) is 0 Å². The van der Waals surface area contributed by atoms with Crippen LogP contribution < -0.4 is 0 Å². The van der Waals surface area contributed by atoms with Gasteiger partial charge in [0.15, 0.2) is 0 Å². The van der Waals surface area contributed by atoms with Crippen LogP contribution in [0.5, 0.6) is 0 Å². The maximum atomic E-state index is 9.44. The fourth-order valence-electron chi connectivity index (χ4n) is 0. The van der Waals surface area contributed by atoms with Crippen molar-refractivity contribution in [1.29, 1.82) is 0 Å². The Balaban J connectivity index is 0. The zero-order chi connectivity index (χ0) is 5.15. The number of aliphatic carboxylic acids is 1. The monoisotopic (exact) mass is 192 g/mol. The SMILES string of the molecule is O=C(O)C(Cl)Cl.[Zn]. The number of carboxylic acids is 1. The van der Waals surface area contributed by atoms with E-state index in [0.717, 1.165) is 0 Å². The molecule has 0 fully saturated rings. The van der Waals surface area contributed by atoms with Crippen molar-refractivity contribution in [3.63, 3.8) is 0 Å². The Morgan fingerprint density at radius 1 is 1.57 bits per heavy atom. The molecule has 0 amide bonds. The van der Waals surface area contributed by atoms with Crippen molar-refractivity contribution >= 4 is 29.2 Å². The van der Waals surface area contributed by atoms with Crippen LogP contribution in [0.15, 0.2) is 0 Å². The minimum Gasteiger partial charge on any atom is -0.479 e. The molecule has 0 saturated heterocycles. The Hall–Kier alpha value is 0.673. The van der Waals surface area contributed by atoms with Crippen molar-refractivity contribution in [2.24, 2.45) is 0 Å². The molecule has 0 rings (SSSR count). The second-order valence-electron chi connectivity index (χ2n) is 0.639. The molecule has 0 aliphatic carbocycles. The molecule has 0 unspecified atom stereocenters. The van der Waals surface area contributed by atoms with Gasteiger partial charge >= 0.3 is 5.97 Å². The maximum absolute atomic E-state index is 9.44. The maximum Gasteiger partial charge on any atom is 0.337 e. The van der Waals surface area contributed by atoms with Gasteiger partial charge in [0.05, 0.1) is 0 Å². The molecule has 2 nitrogen and oxygen atoms in total. The van der Waals surface area contributed by atoms with E-state index in [1.807, 2.05) is 0 Å². The molecule has 0 aliphatic rings. The van der Waals surface area contributed by atoms with E-state index in [2.05, 4.69) is 0 Å². The fraction of sp³-hybridized carbons (Fsp3) is 0.500. The molecular weight excluding hydrogens is 192 g/mol. The molecule has 0 aliphatic heterocycles. The summed E-state index contributed by atoms with van der Waals surface area (Å²) in [5, 5.41) is 7.73. The summed E-state index contributed by atoms with van der Waals surface area (Å²) in [6.45, 7) is 0. The van der Waals surface area contributed by atoms with Crippen LogP contribution >= 0.6 is 23.2 Å². The van der Waals surface area contributed by atoms with Gasteiger partial charge in [0.2, 0.25) is 4.84 Å². The second-order valence-corrected chi connectivity index (χ2v) is 1.74. The van der Waals surface area contributed by atoms with Gasteiger partial charge in [-0.25, -0.2) is 4.79 Å². The van der Waals surface area contributed by atoms with Gasteiger partial charge in [0.25, 0.3) is 0 Å². The summed E-state index contributed by atoms with van der Waals surface area (Å²) in [5.74, 6) is -1.21. The third-order valence-corrected chi connectivity index (χ3v) is 0.560. The molecule has 7 heavy (non-hydrogen) atoms. The van der Waals surface area contributed by atoms with Gasteiger partial charge in [-0.05, 0) is 0 Å². The number of carbonyl (C=O) groups is 1. The number of hydrogen-bond donors (Lipinski definition) is 1. The molecule has 38 valence electrons. The minimum atomic E-state index is -1.29. The predicted molar refractivity (Wildman–Crippen MR) is 23.1 cm³/mol. The van der Waals surface area contributed by atoms with Gasteiger partial charge in [-0.1, -0.05) is 23.2 Å². The topological polar surface area (TPSA) is 37.3 Å². The van der Waals surface area contributed by atoms with Crippen molar-refractivity contribution in [1.82, 2.24) is 0 Å². The third-order valence-electron chi connectivity index (χ3n) is 0.187. The second kappa shape index (κ2) is 4.82. The summed E-state index contributed by atoms with van der Waals surface area (Å²) in [6, 6.07) is 0. The Bertz CT molecular complexity index is 64.7. The summed E-state index contributed by atoms with van der Waals surface area (Å²) in [6.07, 6.45) is 0. The zero-order valence-electron chi connectivity index (χ0n) is 3.40. The van der Waals surface area contributed by atoms with Gasteiger partial charge in [0, 0.05) is 19.5 Å². The van der Waals surface area contributed by atoms with Gasteiger partial charge in [-0.2, -0.15) is 0 Å². The molecular formula is C2H2Cl2O2Zn. The van der Waals surface area contributed by atoms with Gasteiger partial charge in [0.1, 0.15) is 0 Å².